The van der Waals surface area contributed by atoms with Crippen LogP contribution in [0.2, 0.25) is 0 Å². The standard InChI is InChI=1S/C15H22N2O2/c16-14-7-5-6-13(12-14)8-9-15(19)17-10-3-1-2-4-11-18/h5-9,12,18H,1-4,10-11,16H2,(H,17,19)/b9-8+. The van der Waals surface area contributed by atoms with Crippen molar-refractivity contribution in [3.63, 3.8) is 0 Å². The Morgan fingerprint density at radius 1 is 1.26 bits per heavy atom. The van der Waals surface area contributed by atoms with Crippen molar-refractivity contribution in [3.8, 4) is 0 Å². The summed E-state index contributed by atoms with van der Waals surface area (Å²) >= 11 is 0. The van der Waals surface area contributed by atoms with Crippen molar-refractivity contribution >= 4 is 17.7 Å². The van der Waals surface area contributed by atoms with E-state index in [2.05, 4.69) is 5.32 Å². The van der Waals surface area contributed by atoms with Gasteiger partial charge in [0.05, 0.1) is 0 Å². The zero-order valence-electron chi connectivity index (χ0n) is 11.1. The number of anilines is 1. The molecule has 4 N–H and O–H groups in total. The first-order chi connectivity index (χ1) is 9.22. The minimum atomic E-state index is -0.0930. The first kappa shape index (κ1) is 15.2. The Balaban J connectivity index is 2.20. The van der Waals surface area contributed by atoms with Gasteiger partial charge in [0.25, 0.3) is 0 Å². The molecule has 0 fully saturated rings. The summed E-state index contributed by atoms with van der Waals surface area (Å²) in [6.45, 7) is 0.917. The summed E-state index contributed by atoms with van der Waals surface area (Å²) in [4.78, 5) is 11.5. The lowest BCUT2D eigenvalue weighted by molar-refractivity contribution is -0.116. The molecule has 19 heavy (non-hydrogen) atoms. The number of amides is 1. The number of nitrogens with two attached hydrogens (primary N) is 1. The monoisotopic (exact) mass is 262 g/mol. The highest BCUT2D eigenvalue weighted by molar-refractivity contribution is 5.91. The number of unbranched alkanes of at least 4 members (excludes halogenated alkanes) is 3. The molecular weight excluding hydrogens is 240 g/mol. The van der Waals surface area contributed by atoms with Crippen LogP contribution in [0.4, 0.5) is 5.69 Å². The predicted molar refractivity (Wildman–Crippen MR) is 78.5 cm³/mol. The predicted octanol–water partition coefficient (Wildman–Crippen LogP) is 1.95. The summed E-state index contributed by atoms with van der Waals surface area (Å²) in [6, 6.07) is 7.38. The highest BCUT2D eigenvalue weighted by Crippen LogP contribution is 2.07. The molecular formula is C15H22N2O2. The third-order valence-corrected chi connectivity index (χ3v) is 2.72. The molecule has 1 aromatic carbocycles. The fourth-order valence-electron chi connectivity index (χ4n) is 1.70. The SMILES string of the molecule is Nc1cccc(/C=C/C(=O)NCCCCCCO)c1. The van der Waals surface area contributed by atoms with Gasteiger partial charge in [0, 0.05) is 24.9 Å². The number of nitrogen functional groups attached to an aromatic ring is 1. The minimum Gasteiger partial charge on any atom is -0.399 e. The summed E-state index contributed by atoms with van der Waals surface area (Å²) in [5.41, 5.74) is 7.25. The van der Waals surface area contributed by atoms with E-state index in [-0.39, 0.29) is 12.5 Å². The molecule has 0 spiro atoms. The number of carbonyl (C=O) groups is 1. The molecule has 4 nitrogen and oxygen atoms in total. The number of aliphatic hydroxyl groups excluding tert-OH is 1. The molecule has 104 valence electrons. The lowest BCUT2D eigenvalue weighted by atomic mass is 10.2. The molecule has 0 saturated heterocycles. The number of benzene rings is 1. The van der Waals surface area contributed by atoms with E-state index in [1.807, 2.05) is 24.3 Å². The molecule has 0 aliphatic carbocycles. The van der Waals surface area contributed by atoms with E-state index >= 15 is 0 Å². The first-order valence-electron chi connectivity index (χ1n) is 6.64. The van der Waals surface area contributed by atoms with E-state index in [9.17, 15) is 4.79 Å². The highest BCUT2D eigenvalue weighted by Gasteiger charge is 1.95. The van der Waals surface area contributed by atoms with Gasteiger partial charge in [-0.2, -0.15) is 0 Å². The van der Waals surface area contributed by atoms with Gasteiger partial charge in [-0.15, -0.1) is 0 Å². The Hall–Kier alpha value is -1.81. The van der Waals surface area contributed by atoms with Crippen molar-refractivity contribution in [2.45, 2.75) is 25.7 Å². The molecule has 0 aromatic heterocycles. The van der Waals surface area contributed by atoms with Crippen molar-refractivity contribution in [1.82, 2.24) is 5.32 Å². The summed E-state index contributed by atoms with van der Waals surface area (Å²) in [5.74, 6) is -0.0930. The minimum absolute atomic E-state index is 0.0930. The van der Waals surface area contributed by atoms with Gasteiger partial charge in [-0.25, -0.2) is 0 Å². The summed E-state index contributed by atoms with van der Waals surface area (Å²) in [7, 11) is 0. The second-order valence-corrected chi connectivity index (χ2v) is 4.43. The van der Waals surface area contributed by atoms with E-state index in [4.69, 9.17) is 10.8 Å². The van der Waals surface area contributed by atoms with Gasteiger partial charge < -0.3 is 16.2 Å². The average Bonchev–Trinajstić information content (AvgIpc) is 2.40. The van der Waals surface area contributed by atoms with E-state index < -0.39 is 0 Å². The smallest absolute Gasteiger partial charge is 0.243 e. The Labute approximate surface area is 114 Å². The second-order valence-electron chi connectivity index (χ2n) is 4.43. The van der Waals surface area contributed by atoms with Crippen molar-refractivity contribution in [2.24, 2.45) is 0 Å². The van der Waals surface area contributed by atoms with Crippen molar-refractivity contribution in [3.05, 3.63) is 35.9 Å². The van der Waals surface area contributed by atoms with Crippen LogP contribution in [-0.4, -0.2) is 24.2 Å². The van der Waals surface area contributed by atoms with Crippen molar-refractivity contribution < 1.29 is 9.90 Å². The van der Waals surface area contributed by atoms with Gasteiger partial charge in [-0.3, -0.25) is 4.79 Å². The Morgan fingerprint density at radius 2 is 2.05 bits per heavy atom. The number of rotatable bonds is 8. The first-order valence-corrected chi connectivity index (χ1v) is 6.64. The third kappa shape index (κ3) is 7.26. The van der Waals surface area contributed by atoms with Gasteiger partial charge in [0.1, 0.15) is 0 Å². The van der Waals surface area contributed by atoms with E-state index in [1.165, 1.54) is 6.08 Å². The molecule has 1 amide bonds. The molecule has 0 unspecified atom stereocenters. The molecule has 0 radical (unpaired) electrons. The quantitative estimate of drug-likeness (QED) is 0.381. The maximum atomic E-state index is 11.5. The van der Waals surface area contributed by atoms with Gasteiger partial charge in [0.2, 0.25) is 5.91 Å². The zero-order valence-corrected chi connectivity index (χ0v) is 11.1. The van der Waals surface area contributed by atoms with Gasteiger partial charge >= 0.3 is 0 Å². The van der Waals surface area contributed by atoms with Gasteiger partial charge in [-0.1, -0.05) is 25.0 Å². The van der Waals surface area contributed by atoms with Crippen LogP contribution >= 0.6 is 0 Å². The number of carbonyl (C=O) groups excluding carboxylic acids is 1. The van der Waals surface area contributed by atoms with E-state index in [0.29, 0.717) is 12.2 Å². The summed E-state index contributed by atoms with van der Waals surface area (Å²) < 4.78 is 0. The molecule has 0 atom stereocenters. The van der Waals surface area contributed by atoms with Crippen LogP contribution in [0, 0.1) is 0 Å². The molecule has 4 heteroatoms. The fraction of sp³-hybridized carbons (Fsp3) is 0.400. The van der Waals surface area contributed by atoms with Crippen molar-refractivity contribution in [2.75, 3.05) is 18.9 Å². The number of hydrogen-bond acceptors (Lipinski definition) is 3. The molecule has 1 rings (SSSR count). The topological polar surface area (TPSA) is 75.4 Å². The molecule has 0 aliphatic heterocycles. The zero-order chi connectivity index (χ0) is 13.9. The maximum absolute atomic E-state index is 11.5. The fourth-order valence-corrected chi connectivity index (χ4v) is 1.70. The lowest BCUT2D eigenvalue weighted by Crippen LogP contribution is -2.21. The largest absolute Gasteiger partial charge is 0.399 e. The summed E-state index contributed by atoms with van der Waals surface area (Å²) in [6.07, 6.45) is 7.08. The second kappa shape index (κ2) is 9.16. The Morgan fingerprint density at radius 3 is 2.79 bits per heavy atom. The normalized spacial score (nSPS) is 10.8. The van der Waals surface area contributed by atoms with Gasteiger partial charge in [0.15, 0.2) is 0 Å². The van der Waals surface area contributed by atoms with Crippen molar-refractivity contribution in [1.29, 1.82) is 0 Å². The van der Waals surface area contributed by atoms with Crippen LogP contribution in [0.1, 0.15) is 31.2 Å². The molecule has 0 aliphatic rings. The molecule has 0 bridgehead atoms. The maximum Gasteiger partial charge on any atom is 0.243 e. The molecule has 1 aromatic rings. The Bertz CT molecular complexity index is 416. The number of nitrogens with one attached hydrogen (secondary N) is 1. The van der Waals surface area contributed by atoms with E-state index in [1.54, 1.807) is 6.08 Å². The van der Waals surface area contributed by atoms with Crippen LogP contribution in [0.15, 0.2) is 30.3 Å². The van der Waals surface area contributed by atoms with Crippen LogP contribution in [-0.2, 0) is 4.79 Å². The lowest BCUT2D eigenvalue weighted by Gasteiger charge is -2.02. The van der Waals surface area contributed by atoms with Crippen LogP contribution in [0.3, 0.4) is 0 Å². The van der Waals surface area contributed by atoms with Gasteiger partial charge in [-0.05, 0) is 36.6 Å². The highest BCUT2D eigenvalue weighted by atomic mass is 16.2. The average molecular weight is 262 g/mol. The summed E-state index contributed by atoms with van der Waals surface area (Å²) in [5, 5.41) is 11.4. The van der Waals surface area contributed by atoms with E-state index in [0.717, 1.165) is 31.2 Å². The number of aliphatic hydroxyl groups is 1. The Kier molecular flexibility index (Phi) is 7.35. The molecule has 0 heterocycles. The van der Waals surface area contributed by atoms with Crippen LogP contribution in [0.5, 0.6) is 0 Å². The third-order valence-electron chi connectivity index (χ3n) is 2.72. The number of hydrogen-bond donors (Lipinski definition) is 3. The van der Waals surface area contributed by atoms with Crippen LogP contribution in [0.25, 0.3) is 6.08 Å². The van der Waals surface area contributed by atoms with Crippen LogP contribution < -0.4 is 11.1 Å². The molecule has 0 saturated carbocycles.